The van der Waals surface area contributed by atoms with Crippen molar-refractivity contribution < 1.29 is 18.3 Å². The number of fused-ring (bicyclic) bond motifs is 1. The summed E-state index contributed by atoms with van der Waals surface area (Å²) in [5.74, 6) is 1.36. The van der Waals surface area contributed by atoms with Crippen molar-refractivity contribution in [2.24, 2.45) is 5.73 Å². The van der Waals surface area contributed by atoms with Crippen LogP contribution in [-0.2, 0) is 6.54 Å². The zero-order valence-corrected chi connectivity index (χ0v) is 14.5. The molecule has 0 bridgehead atoms. The Balaban J connectivity index is 1.60. The second-order valence-corrected chi connectivity index (χ2v) is 6.01. The van der Waals surface area contributed by atoms with Crippen molar-refractivity contribution in [1.82, 2.24) is 19.8 Å². The predicted octanol–water partition coefficient (Wildman–Crippen LogP) is 1.93. The first kappa shape index (κ1) is 17.9. The number of aromatic nitrogens is 4. The topological polar surface area (TPSA) is 97.2 Å². The second-order valence-electron chi connectivity index (χ2n) is 6.01. The van der Waals surface area contributed by atoms with E-state index < -0.39 is 18.3 Å². The minimum Gasteiger partial charge on any atom is -0.454 e. The van der Waals surface area contributed by atoms with E-state index in [1.165, 1.54) is 0 Å². The van der Waals surface area contributed by atoms with Crippen LogP contribution in [0.1, 0.15) is 0 Å². The van der Waals surface area contributed by atoms with Gasteiger partial charge < -0.3 is 15.2 Å². The van der Waals surface area contributed by atoms with Crippen LogP contribution in [0, 0.1) is 0 Å². The fourth-order valence-corrected chi connectivity index (χ4v) is 2.79. The Morgan fingerprint density at radius 3 is 2.46 bits per heavy atom. The second kappa shape index (κ2) is 7.24. The summed E-state index contributed by atoms with van der Waals surface area (Å²) in [6.07, 6.45) is -1.92. The lowest BCUT2D eigenvalue weighted by Gasteiger charge is -2.05. The minimum atomic E-state index is -1.92. The Hall–Kier alpha value is -3.53. The van der Waals surface area contributed by atoms with Crippen molar-refractivity contribution in [3.8, 4) is 28.3 Å². The summed E-state index contributed by atoms with van der Waals surface area (Å²) < 4.78 is 38.0. The molecule has 0 saturated heterocycles. The van der Waals surface area contributed by atoms with Crippen molar-refractivity contribution in [3.63, 3.8) is 0 Å². The van der Waals surface area contributed by atoms with Gasteiger partial charge in [0, 0.05) is 12.1 Å². The number of nitrogens with zero attached hydrogens (tertiary/aromatic N) is 4. The first-order valence-electron chi connectivity index (χ1n) is 8.33. The van der Waals surface area contributed by atoms with Gasteiger partial charge in [0.25, 0.3) is 6.08 Å². The van der Waals surface area contributed by atoms with Crippen LogP contribution in [0.4, 0.5) is 8.78 Å². The molecule has 28 heavy (non-hydrogen) atoms. The molecule has 0 saturated carbocycles. The molecule has 1 aromatic heterocycles. The predicted molar refractivity (Wildman–Crippen MR) is 95.5 cm³/mol. The fourth-order valence-electron chi connectivity index (χ4n) is 2.79. The van der Waals surface area contributed by atoms with E-state index in [1.807, 2.05) is 30.3 Å². The Labute approximate surface area is 157 Å². The van der Waals surface area contributed by atoms with E-state index in [1.54, 1.807) is 12.1 Å². The van der Waals surface area contributed by atoms with Crippen LogP contribution in [0.3, 0.4) is 0 Å². The number of nitrogens with two attached hydrogens (primary N) is 1. The summed E-state index contributed by atoms with van der Waals surface area (Å²) in [6.45, 7) is -0.581. The number of hydrogen-bond acceptors (Lipinski definition) is 6. The van der Waals surface area contributed by atoms with E-state index in [9.17, 15) is 13.6 Å². The van der Waals surface area contributed by atoms with Crippen molar-refractivity contribution in [3.05, 3.63) is 64.6 Å². The SMILES string of the molecule is NCC(Cn1nnn(-c2ccc(-c3ccc4c(c3)OCO4)cc2)c1=O)=C(F)F. The van der Waals surface area contributed by atoms with Gasteiger partial charge in [-0.25, -0.2) is 4.79 Å². The molecule has 0 radical (unpaired) electrons. The van der Waals surface area contributed by atoms with Gasteiger partial charge in [0.15, 0.2) is 11.5 Å². The molecule has 2 heterocycles. The van der Waals surface area contributed by atoms with Gasteiger partial charge in [-0.05, 0) is 45.8 Å². The number of tetrazole rings is 1. The third kappa shape index (κ3) is 3.25. The van der Waals surface area contributed by atoms with E-state index in [0.29, 0.717) is 17.2 Å². The molecule has 1 aliphatic heterocycles. The van der Waals surface area contributed by atoms with Gasteiger partial charge in [0.1, 0.15) is 0 Å². The van der Waals surface area contributed by atoms with Gasteiger partial charge in [-0.3, -0.25) is 0 Å². The number of rotatable bonds is 5. The maximum absolute atomic E-state index is 12.7. The fraction of sp³-hybridized carbons (Fsp3) is 0.167. The highest BCUT2D eigenvalue weighted by atomic mass is 19.3. The molecular formula is C18H15F2N5O3. The molecule has 10 heteroatoms. The molecule has 0 amide bonds. The minimum absolute atomic E-state index is 0.198. The first-order valence-corrected chi connectivity index (χ1v) is 8.33. The smallest absolute Gasteiger partial charge is 0.368 e. The summed E-state index contributed by atoms with van der Waals surface area (Å²) in [7, 11) is 0. The number of ether oxygens (including phenoxy) is 2. The summed E-state index contributed by atoms with van der Waals surface area (Å²) in [5.41, 5.74) is 6.54. The number of halogens is 2. The third-order valence-electron chi connectivity index (χ3n) is 4.31. The van der Waals surface area contributed by atoms with Crippen LogP contribution in [0.2, 0.25) is 0 Å². The van der Waals surface area contributed by atoms with Gasteiger partial charge in [0.2, 0.25) is 6.79 Å². The van der Waals surface area contributed by atoms with Crippen molar-refractivity contribution in [2.75, 3.05) is 13.3 Å². The van der Waals surface area contributed by atoms with Crippen LogP contribution in [0.25, 0.3) is 16.8 Å². The molecule has 0 aliphatic carbocycles. The summed E-state index contributed by atoms with van der Waals surface area (Å²) >= 11 is 0. The molecule has 2 N–H and O–H groups in total. The van der Waals surface area contributed by atoms with Gasteiger partial charge in [-0.15, -0.1) is 0 Å². The highest BCUT2D eigenvalue weighted by Gasteiger charge is 2.15. The maximum atomic E-state index is 12.7. The summed E-state index contributed by atoms with van der Waals surface area (Å²) in [6, 6.07) is 12.6. The average Bonchev–Trinajstić information content (AvgIpc) is 3.32. The Morgan fingerprint density at radius 1 is 1.04 bits per heavy atom. The van der Waals surface area contributed by atoms with Crippen molar-refractivity contribution >= 4 is 0 Å². The molecule has 1 aliphatic rings. The normalized spacial score (nSPS) is 12.2. The Morgan fingerprint density at radius 2 is 1.75 bits per heavy atom. The van der Waals surface area contributed by atoms with Crippen LogP contribution in [0.5, 0.6) is 11.5 Å². The largest absolute Gasteiger partial charge is 0.454 e. The standard InChI is InChI=1S/C18H15F2N5O3/c19-17(20)13(8-21)9-24-18(26)25(23-22-24)14-4-1-11(2-5-14)12-3-6-15-16(7-12)28-10-27-15/h1-7H,8-10,21H2. The highest BCUT2D eigenvalue weighted by Crippen LogP contribution is 2.35. The molecule has 0 unspecified atom stereocenters. The molecule has 0 spiro atoms. The zero-order valence-electron chi connectivity index (χ0n) is 14.5. The van der Waals surface area contributed by atoms with E-state index in [4.69, 9.17) is 15.2 Å². The van der Waals surface area contributed by atoms with Crippen LogP contribution in [-0.4, -0.2) is 33.1 Å². The van der Waals surface area contributed by atoms with Gasteiger partial charge in [-0.2, -0.15) is 18.1 Å². The molecule has 2 aromatic carbocycles. The van der Waals surface area contributed by atoms with Crippen molar-refractivity contribution in [2.45, 2.75) is 6.54 Å². The maximum Gasteiger partial charge on any atom is 0.368 e. The molecule has 0 fully saturated rings. The van der Waals surface area contributed by atoms with Gasteiger partial charge in [0.05, 0.1) is 12.2 Å². The molecule has 8 nitrogen and oxygen atoms in total. The molecule has 0 atom stereocenters. The zero-order chi connectivity index (χ0) is 19.7. The van der Waals surface area contributed by atoms with Crippen LogP contribution < -0.4 is 20.9 Å². The van der Waals surface area contributed by atoms with E-state index in [0.717, 1.165) is 20.5 Å². The lowest BCUT2D eigenvalue weighted by atomic mass is 10.0. The van der Waals surface area contributed by atoms with Crippen LogP contribution in [0.15, 0.2) is 58.9 Å². The Bertz CT molecular complexity index is 1100. The Kier molecular flexibility index (Phi) is 4.62. The molecule has 3 aromatic rings. The lowest BCUT2D eigenvalue weighted by molar-refractivity contribution is 0.174. The van der Waals surface area contributed by atoms with Crippen LogP contribution >= 0.6 is 0 Å². The molecular weight excluding hydrogens is 372 g/mol. The monoisotopic (exact) mass is 387 g/mol. The van der Waals surface area contributed by atoms with Gasteiger partial charge in [-0.1, -0.05) is 18.2 Å². The number of benzene rings is 2. The van der Waals surface area contributed by atoms with E-state index in [2.05, 4.69) is 10.4 Å². The number of hydrogen-bond donors (Lipinski definition) is 1. The quantitative estimate of drug-likeness (QED) is 0.719. The first-order chi connectivity index (χ1) is 13.6. The third-order valence-corrected chi connectivity index (χ3v) is 4.31. The van der Waals surface area contributed by atoms with Crippen molar-refractivity contribution in [1.29, 1.82) is 0 Å². The van der Waals surface area contributed by atoms with Gasteiger partial charge >= 0.3 is 5.69 Å². The lowest BCUT2D eigenvalue weighted by Crippen LogP contribution is -2.26. The molecule has 4 rings (SSSR count). The average molecular weight is 387 g/mol. The van der Waals surface area contributed by atoms with E-state index >= 15 is 0 Å². The summed E-state index contributed by atoms with van der Waals surface area (Å²) in [5, 5.41) is 7.40. The highest BCUT2D eigenvalue weighted by molar-refractivity contribution is 5.68. The molecule has 144 valence electrons. The van der Waals surface area contributed by atoms with E-state index in [-0.39, 0.29) is 18.9 Å². The summed E-state index contributed by atoms with van der Waals surface area (Å²) in [4.78, 5) is 12.4.